The molecule has 1 spiro atoms. The highest BCUT2D eigenvalue weighted by molar-refractivity contribution is 7.89. The summed E-state index contributed by atoms with van der Waals surface area (Å²) in [7, 11) is -3.82. The molecule has 3 amide bonds. The number of benzene rings is 1. The summed E-state index contributed by atoms with van der Waals surface area (Å²) in [6, 6.07) is 6.01. The second-order valence-corrected chi connectivity index (χ2v) is 7.36. The van der Waals surface area contributed by atoms with Crippen LogP contribution in [0.4, 0.5) is 4.79 Å². The van der Waals surface area contributed by atoms with Gasteiger partial charge in [0, 0.05) is 0 Å². The summed E-state index contributed by atoms with van der Waals surface area (Å²) < 4.78 is 23.4. The lowest BCUT2D eigenvalue weighted by Gasteiger charge is -2.28. The van der Waals surface area contributed by atoms with Crippen LogP contribution in [0.15, 0.2) is 29.2 Å². The zero-order valence-corrected chi connectivity index (χ0v) is 12.7. The molecule has 118 valence electrons. The van der Waals surface area contributed by atoms with E-state index in [1.807, 2.05) is 0 Å². The van der Waals surface area contributed by atoms with E-state index in [0.717, 1.165) is 12.8 Å². The minimum Gasteiger partial charge on any atom is -0.323 e. The van der Waals surface area contributed by atoms with Crippen LogP contribution in [0.3, 0.4) is 0 Å². The van der Waals surface area contributed by atoms with Crippen molar-refractivity contribution in [1.29, 1.82) is 0 Å². The molecule has 1 aromatic rings. The molecule has 1 aliphatic heterocycles. The summed E-state index contributed by atoms with van der Waals surface area (Å²) in [4.78, 5) is 23.7. The smallest absolute Gasteiger partial charge is 0.322 e. The lowest BCUT2D eigenvalue weighted by molar-refractivity contribution is -0.125. The Kier molecular flexibility index (Phi) is 3.45. The maximum Gasteiger partial charge on any atom is 0.322 e. The van der Waals surface area contributed by atoms with E-state index in [4.69, 9.17) is 5.14 Å². The highest BCUT2D eigenvalue weighted by Gasteiger charge is 2.54. The third-order valence-corrected chi connectivity index (χ3v) is 5.55. The number of sulfonamides is 1. The van der Waals surface area contributed by atoms with Crippen molar-refractivity contribution in [1.82, 2.24) is 10.6 Å². The van der Waals surface area contributed by atoms with Crippen LogP contribution in [0, 0.1) is 5.92 Å². The van der Waals surface area contributed by atoms with Crippen molar-refractivity contribution in [2.45, 2.75) is 36.1 Å². The number of nitrogens with two attached hydrogens (primary N) is 1. The maximum atomic E-state index is 12.2. The van der Waals surface area contributed by atoms with E-state index in [2.05, 4.69) is 10.6 Å². The first kappa shape index (κ1) is 15.0. The largest absolute Gasteiger partial charge is 0.323 e. The Labute approximate surface area is 128 Å². The fourth-order valence-electron chi connectivity index (χ4n) is 3.54. The summed E-state index contributed by atoms with van der Waals surface area (Å²) in [6.45, 7) is 0. The number of urea groups is 1. The molecule has 22 heavy (non-hydrogen) atoms. The molecule has 7 nitrogen and oxygen atoms in total. The number of carbonyl (C=O) groups excluding carboxylic acids is 2. The zero-order chi connectivity index (χ0) is 16.0. The van der Waals surface area contributed by atoms with E-state index in [1.54, 1.807) is 18.2 Å². The van der Waals surface area contributed by atoms with Crippen LogP contribution in [-0.4, -0.2) is 25.9 Å². The molecule has 2 unspecified atom stereocenters. The molecule has 1 saturated carbocycles. The van der Waals surface area contributed by atoms with E-state index in [9.17, 15) is 18.0 Å². The van der Waals surface area contributed by atoms with Crippen LogP contribution in [-0.2, 0) is 21.2 Å². The molecule has 4 N–H and O–H groups in total. The van der Waals surface area contributed by atoms with Crippen molar-refractivity contribution in [3.63, 3.8) is 0 Å². The van der Waals surface area contributed by atoms with Crippen molar-refractivity contribution >= 4 is 22.0 Å². The topological polar surface area (TPSA) is 118 Å². The van der Waals surface area contributed by atoms with Gasteiger partial charge in [-0.1, -0.05) is 24.6 Å². The Morgan fingerprint density at radius 2 is 2.00 bits per heavy atom. The first-order valence-electron chi connectivity index (χ1n) is 7.07. The Morgan fingerprint density at radius 3 is 2.64 bits per heavy atom. The number of rotatable bonds is 3. The Bertz CT molecular complexity index is 746. The standard InChI is InChI=1S/C14H17N3O4S/c15-22(20,21)11-6-2-1-4-9(11)8-10-5-3-7-14(10)12(18)16-13(19)17-14/h1-2,4,6,10H,3,5,7-8H2,(H2,15,20,21)(H2,16,17,18,19). The molecule has 0 bridgehead atoms. The summed E-state index contributed by atoms with van der Waals surface area (Å²) in [5.74, 6) is -0.477. The van der Waals surface area contributed by atoms with Crippen LogP contribution >= 0.6 is 0 Å². The van der Waals surface area contributed by atoms with Crippen LogP contribution in [0.2, 0.25) is 0 Å². The predicted molar refractivity (Wildman–Crippen MR) is 78.3 cm³/mol. The third-order valence-electron chi connectivity index (χ3n) is 4.53. The summed E-state index contributed by atoms with van der Waals surface area (Å²) in [6.07, 6.45) is 2.48. The Balaban J connectivity index is 1.94. The number of amides is 3. The number of carbonyl (C=O) groups is 2. The highest BCUT2D eigenvalue weighted by atomic mass is 32.2. The third kappa shape index (κ3) is 2.38. The van der Waals surface area contributed by atoms with Gasteiger partial charge in [0.05, 0.1) is 4.90 Å². The normalized spacial score (nSPS) is 28.0. The fraction of sp³-hybridized carbons (Fsp3) is 0.429. The fourth-order valence-corrected chi connectivity index (χ4v) is 4.32. The molecule has 0 aromatic heterocycles. The van der Waals surface area contributed by atoms with Crippen molar-refractivity contribution < 1.29 is 18.0 Å². The van der Waals surface area contributed by atoms with Gasteiger partial charge >= 0.3 is 6.03 Å². The Hall–Kier alpha value is -1.93. The van der Waals surface area contributed by atoms with Crippen LogP contribution in [0.25, 0.3) is 0 Å². The number of hydrogen-bond donors (Lipinski definition) is 3. The molecule has 1 aromatic carbocycles. The average molecular weight is 323 g/mol. The van der Waals surface area contributed by atoms with Gasteiger partial charge in [0.2, 0.25) is 10.0 Å². The van der Waals surface area contributed by atoms with Gasteiger partial charge < -0.3 is 5.32 Å². The lowest BCUT2D eigenvalue weighted by atomic mass is 9.83. The van der Waals surface area contributed by atoms with Gasteiger partial charge in [0.15, 0.2) is 0 Å². The first-order chi connectivity index (χ1) is 10.3. The Morgan fingerprint density at radius 1 is 1.27 bits per heavy atom. The van der Waals surface area contributed by atoms with Gasteiger partial charge in [-0.15, -0.1) is 0 Å². The summed E-state index contributed by atoms with van der Waals surface area (Å²) >= 11 is 0. The number of primary sulfonamides is 1. The zero-order valence-electron chi connectivity index (χ0n) is 11.8. The molecule has 2 atom stereocenters. The molecule has 1 aliphatic carbocycles. The van der Waals surface area contributed by atoms with Gasteiger partial charge in [-0.25, -0.2) is 18.4 Å². The molecule has 0 radical (unpaired) electrons. The monoisotopic (exact) mass is 323 g/mol. The van der Waals surface area contributed by atoms with E-state index in [1.165, 1.54) is 6.07 Å². The van der Waals surface area contributed by atoms with Crippen molar-refractivity contribution in [3.8, 4) is 0 Å². The second-order valence-electron chi connectivity index (χ2n) is 5.83. The molecule has 1 heterocycles. The molecule has 2 fully saturated rings. The van der Waals surface area contributed by atoms with Gasteiger partial charge in [-0.2, -0.15) is 0 Å². The minimum absolute atomic E-state index is 0.0711. The van der Waals surface area contributed by atoms with Gasteiger partial charge in [-0.3, -0.25) is 10.1 Å². The second kappa shape index (κ2) is 5.06. The maximum absolute atomic E-state index is 12.2. The molecule has 1 saturated heterocycles. The predicted octanol–water partition coefficient (Wildman–Crippen LogP) is 0.255. The molecular formula is C14H17N3O4S. The summed E-state index contributed by atoms with van der Waals surface area (Å²) in [5, 5.41) is 10.3. The first-order valence-corrected chi connectivity index (χ1v) is 8.62. The molecular weight excluding hydrogens is 306 g/mol. The lowest BCUT2D eigenvalue weighted by Crippen LogP contribution is -2.50. The number of nitrogens with one attached hydrogen (secondary N) is 2. The van der Waals surface area contributed by atoms with Gasteiger partial charge in [-0.05, 0) is 36.8 Å². The van der Waals surface area contributed by atoms with Crippen LogP contribution in [0.1, 0.15) is 24.8 Å². The highest BCUT2D eigenvalue weighted by Crippen LogP contribution is 2.40. The molecule has 3 rings (SSSR count). The van der Waals surface area contributed by atoms with Crippen LogP contribution in [0.5, 0.6) is 0 Å². The van der Waals surface area contributed by atoms with Crippen LogP contribution < -0.4 is 15.8 Å². The van der Waals surface area contributed by atoms with Crippen molar-refractivity contribution in [3.05, 3.63) is 29.8 Å². The van der Waals surface area contributed by atoms with Crippen molar-refractivity contribution in [2.75, 3.05) is 0 Å². The number of hydrogen-bond acceptors (Lipinski definition) is 4. The minimum atomic E-state index is -3.82. The average Bonchev–Trinajstić information content (AvgIpc) is 2.94. The van der Waals surface area contributed by atoms with Gasteiger partial charge in [0.25, 0.3) is 5.91 Å². The molecule has 2 aliphatic rings. The van der Waals surface area contributed by atoms with E-state index < -0.39 is 21.6 Å². The SMILES string of the molecule is NS(=O)(=O)c1ccccc1CC1CCCC12NC(=O)NC2=O. The van der Waals surface area contributed by atoms with E-state index in [-0.39, 0.29) is 16.7 Å². The molecule has 8 heteroatoms. The van der Waals surface area contributed by atoms with E-state index >= 15 is 0 Å². The van der Waals surface area contributed by atoms with Gasteiger partial charge in [0.1, 0.15) is 5.54 Å². The van der Waals surface area contributed by atoms with Crippen molar-refractivity contribution in [2.24, 2.45) is 11.1 Å². The summed E-state index contributed by atoms with van der Waals surface area (Å²) in [5.41, 5.74) is -0.354. The quantitative estimate of drug-likeness (QED) is 0.691. The number of imide groups is 1. The van der Waals surface area contributed by atoms with E-state index in [0.29, 0.717) is 18.4 Å².